The maximum absolute atomic E-state index is 11.7. The monoisotopic (exact) mass is 270 g/mol. The summed E-state index contributed by atoms with van der Waals surface area (Å²) < 4.78 is 3.56. The Hall–Kier alpha value is -2.70. The third-order valence-corrected chi connectivity index (χ3v) is 2.92. The predicted octanol–water partition coefficient (Wildman–Crippen LogP) is 0.632. The summed E-state index contributed by atoms with van der Waals surface area (Å²) in [5.74, 6) is -0.0300. The van der Waals surface area contributed by atoms with Gasteiger partial charge in [-0.15, -0.1) is 0 Å². The molecule has 0 saturated heterocycles. The largest absolute Gasteiger partial charge is 0.350 e. The molecule has 0 fully saturated rings. The highest BCUT2D eigenvalue weighted by atomic mass is 16.1. The summed E-state index contributed by atoms with van der Waals surface area (Å²) in [4.78, 5) is 20.0. The fourth-order valence-corrected chi connectivity index (χ4v) is 1.91. The second-order valence-electron chi connectivity index (χ2n) is 4.38. The Morgan fingerprint density at radius 2 is 2.30 bits per heavy atom. The Kier molecular flexibility index (Phi) is 3.40. The number of aromatic nitrogens is 5. The van der Waals surface area contributed by atoms with Crippen LogP contribution in [0.5, 0.6) is 0 Å². The van der Waals surface area contributed by atoms with Crippen molar-refractivity contribution in [2.24, 2.45) is 0 Å². The lowest BCUT2D eigenvalue weighted by Crippen LogP contribution is -2.24. The number of nitrogens with zero attached hydrogens (tertiary/aromatic N) is 5. The van der Waals surface area contributed by atoms with Gasteiger partial charge in [0.2, 0.25) is 5.91 Å². The van der Waals surface area contributed by atoms with Gasteiger partial charge in [-0.05, 0) is 12.1 Å². The number of amides is 1. The van der Waals surface area contributed by atoms with Crippen LogP contribution in [0.1, 0.15) is 12.1 Å². The lowest BCUT2D eigenvalue weighted by Gasteiger charge is -2.02. The molecule has 0 saturated carbocycles. The van der Waals surface area contributed by atoms with Gasteiger partial charge < -0.3 is 9.72 Å². The van der Waals surface area contributed by atoms with E-state index in [9.17, 15) is 4.79 Å². The highest BCUT2D eigenvalue weighted by Crippen LogP contribution is 2.04. The van der Waals surface area contributed by atoms with Crippen LogP contribution in [0.2, 0.25) is 0 Å². The Morgan fingerprint density at radius 3 is 3.10 bits per heavy atom. The SMILES string of the molecule is O=C(CCn1cncn1)NCc1cn2ccccc2n1. The molecule has 1 N–H and O–H groups in total. The fourth-order valence-electron chi connectivity index (χ4n) is 1.91. The van der Waals surface area contributed by atoms with E-state index in [1.165, 1.54) is 6.33 Å². The lowest BCUT2D eigenvalue weighted by molar-refractivity contribution is -0.121. The number of hydrogen-bond acceptors (Lipinski definition) is 4. The van der Waals surface area contributed by atoms with Crippen LogP contribution in [0.4, 0.5) is 0 Å². The Balaban J connectivity index is 1.52. The molecule has 0 spiro atoms. The van der Waals surface area contributed by atoms with Gasteiger partial charge in [0, 0.05) is 18.8 Å². The highest BCUT2D eigenvalue weighted by Gasteiger charge is 2.05. The van der Waals surface area contributed by atoms with Gasteiger partial charge in [0.1, 0.15) is 18.3 Å². The number of hydrogen-bond donors (Lipinski definition) is 1. The highest BCUT2D eigenvalue weighted by molar-refractivity contribution is 5.75. The normalized spacial score (nSPS) is 10.8. The van der Waals surface area contributed by atoms with Crippen LogP contribution >= 0.6 is 0 Å². The summed E-state index contributed by atoms with van der Waals surface area (Å²) >= 11 is 0. The van der Waals surface area contributed by atoms with E-state index in [1.54, 1.807) is 11.0 Å². The van der Waals surface area contributed by atoms with Crippen molar-refractivity contribution in [2.45, 2.75) is 19.5 Å². The summed E-state index contributed by atoms with van der Waals surface area (Å²) in [7, 11) is 0. The Labute approximate surface area is 115 Å². The average molecular weight is 270 g/mol. The van der Waals surface area contributed by atoms with Crippen LogP contribution in [-0.4, -0.2) is 30.1 Å². The second-order valence-corrected chi connectivity index (χ2v) is 4.38. The molecule has 0 radical (unpaired) electrons. The quantitative estimate of drug-likeness (QED) is 0.737. The van der Waals surface area contributed by atoms with Crippen LogP contribution in [0.15, 0.2) is 43.2 Å². The molecule has 3 rings (SSSR count). The van der Waals surface area contributed by atoms with E-state index in [1.807, 2.05) is 35.0 Å². The summed E-state index contributed by atoms with van der Waals surface area (Å²) in [5, 5.41) is 6.79. The molecular weight excluding hydrogens is 256 g/mol. The number of imidazole rings is 1. The van der Waals surface area contributed by atoms with E-state index in [2.05, 4.69) is 20.4 Å². The summed E-state index contributed by atoms with van der Waals surface area (Å²) in [5.41, 5.74) is 1.71. The van der Waals surface area contributed by atoms with Crippen molar-refractivity contribution in [3.63, 3.8) is 0 Å². The van der Waals surface area contributed by atoms with Gasteiger partial charge in [0.15, 0.2) is 0 Å². The molecule has 20 heavy (non-hydrogen) atoms. The first-order chi connectivity index (χ1) is 9.81. The number of aryl methyl sites for hydroxylation is 1. The molecule has 7 heteroatoms. The zero-order valence-electron chi connectivity index (χ0n) is 10.8. The first-order valence-electron chi connectivity index (χ1n) is 6.33. The molecular formula is C13H14N6O. The van der Waals surface area contributed by atoms with E-state index >= 15 is 0 Å². The minimum Gasteiger partial charge on any atom is -0.350 e. The molecule has 0 aliphatic rings. The first-order valence-corrected chi connectivity index (χ1v) is 6.33. The molecule has 7 nitrogen and oxygen atoms in total. The number of nitrogens with one attached hydrogen (secondary N) is 1. The predicted molar refractivity (Wildman–Crippen MR) is 71.7 cm³/mol. The minimum atomic E-state index is -0.0300. The van der Waals surface area contributed by atoms with Crippen LogP contribution in [0, 0.1) is 0 Å². The third kappa shape index (κ3) is 2.82. The topological polar surface area (TPSA) is 77.1 Å². The second kappa shape index (κ2) is 5.52. The van der Waals surface area contributed by atoms with Crippen LogP contribution in [0.3, 0.4) is 0 Å². The maximum atomic E-state index is 11.7. The van der Waals surface area contributed by atoms with Crippen LogP contribution in [-0.2, 0) is 17.9 Å². The van der Waals surface area contributed by atoms with Crippen LogP contribution in [0.25, 0.3) is 5.65 Å². The summed E-state index contributed by atoms with van der Waals surface area (Å²) in [6.45, 7) is 0.953. The molecule has 0 bridgehead atoms. The standard InChI is InChI=1S/C13H14N6O/c20-13(4-6-19-10-14-9-16-19)15-7-11-8-18-5-2-1-3-12(18)17-11/h1-3,5,8-10H,4,6-7H2,(H,15,20). The molecule has 0 aliphatic carbocycles. The zero-order chi connectivity index (χ0) is 13.8. The number of fused-ring (bicyclic) bond motifs is 1. The number of rotatable bonds is 5. The van der Waals surface area contributed by atoms with Gasteiger partial charge in [-0.1, -0.05) is 6.07 Å². The zero-order valence-corrected chi connectivity index (χ0v) is 10.8. The third-order valence-electron chi connectivity index (χ3n) is 2.92. The maximum Gasteiger partial charge on any atom is 0.222 e. The average Bonchev–Trinajstić information content (AvgIpc) is 3.11. The minimum absolute atomic E-state index is 0.0300. The Bertz CT molecular complexity index is 670. The molecule has 0 aromatic carbocycles. The Morgan fingerprint density at radius 1 is 1.35 bits per heavy atom. The van der Waals surface area contributed by atoms with Crippen molar-refractivity contribution in [1.82, 2.24) is 29.5 Å². The van der Waals surface area contributed by atoms with Gasteiger partial charge in [0.25, 0.3) is 0 Å². The number of carbonyl (C=O) groups is 1. The van der Waals surface area contributed by atoms with Gasteiger partial charge in [-0.25, -0.2) is 9.97 Å². The van der Waals surface area contributed by atoms with Gasteiger partial charge in [-0.2, -0.15) is 5.10 Å². The van der Waals surface area contributed by atoms with Crippen molar-refractivity contribution in [3.8, 4) is 0 Å². The fraction of sp³-hybridized carbons (Fsp3) is 0.231. The van der Waals surface area contributed by atoms with E-state index < -0.39 is 0 Å². The molecule has 3 aromatic heterocycles. The molecule has 1 amide bonds. The number of carbonyl (C=O) groups excluding carboxylic acids is 1. The van der Waals surface area contributed by atoms with Crippen molar-refractivity contribution >= 4 is 11.6 Å². The smallest absolute Gasteiger partial charge is 0.222 e. The van der Waals surface area contributed by atoms with E-state index in [-0.39, 0.29) is 5.91 Å². The van der Waals surface area contributed by atoms with E-state index in [0.29, 0.717) is 19.5 Å². The number of pyridine rings is 1. The molecule has 0 unspecified atom stereocenters. The molecule has 102 valence electrons. The first kappa shape index (κ1) is 12.3. The molecule has 0 atom stereocenters. The lowest BCUT2D eigenvalue weighted by atomic mass is 10.4. The molecule has 3 aromatic rings. The molecule has 0 aliphatic heterocycles. The van der Waals surface area contributed by atoms with E-state index in [0.717, 1.165) is 11.3 Å². The van der Waals surface area contributed by atoms with Gasteiger partial charge in [0.05, 0.1) is 18.8 Å². The van der Waals surface area contributed by atoms with Gasteiger partial charge in [-0.3, -0.25) is 9.48 Å². The van der Waals surface area contributed by atoms with Crippen molar-refractivity contribution in [3.05, 3.63) is 48.9 Å². The van der Waals surface area contributed by atoms with Crippen molar-refractivity contribution in [1.29, 1.82) is 0 Å². The van der Waals surface area contributed by atoms with Crippen molar-refractivity contribution < 1.29 is 4.79 Å². The van der Waals surface area contributed by atoms with Gasteiger partial charge >= 0.3 is 0 Å². The van der Waals surface area contributed by atoms with E-state index in [4.69, 9.17) is 0 Å². The summed E-state index contributed by atoms with van der Waals surface area (Å²) in [6.07, 6.45) is 7.26. The van der Waals surface area contributed by atoms with Crippen LogP contribution < -0.4 is 5.32 Å². The van der Waals surface area contributed by atoms with Crippen molar-refractivity contribution in [2.75, 3.05) is 0 Å². The molecule has 3 heterocycles. The summed E-state index contributed by atoms with van der Waals surface area (Å²) in [6, 6.07) is 5.80.